The van der Waals surface area contributed by atoms with Crippen LogP contribution in [-0.4, -0.2) is 23.2 Å². The van der Waals surface area contributed by atoms with Crippen LogP contribution in [0.4, 0.5) is 13.2 Å². The molecule has 4 N–H and O–H groups in total. The molecule has 0 amide bonds. The lowest BCUT2D eigenvalue weighted by Gasteiger charge is -2.13. The maximum atomic E-state index is 11.8. The highest BCUT2D eigenvalue weighted by Crippen LogP contribution is 2.30. The van der Waals surface area contributed by atoms with Gasteiger partial charge in [0.2, 0.25) is 0 Å². The molecule has 1 aromatic rings. The number of aliphatic hydroxyl groups excluding tert-OH is 1. The number of ether oxygens (including phenoxy) is 1. The van der Waals surface area contributed by atoms with Crippen LogP contribution in [0.15, 0.2) is 18.2 Å². The number of hydrogen-bond donors (Lipinski definition) is 3. The summed E-state index contributed by atoms with van der Waals surface area (Å²) in [6, 6.07) is 2.12. The van der Waals surface area contributed by atoms with Gasteiger partial charge in [-0.25, -0.2) is 0 Å². The summed E-state index contributed by atoms with van der Waals surface area (Å²) in [5.41, 5.74) is 5.55. The Labute approximate surface area is 89.1 Å². The summed E-state index contributed by atoms with van der Waals surface area (Å²) in [5, 5.41) is 18.1. The number of hydrogen-bond acceptors (Lipinski definition) is 4. The molecule has 0 heterocycles. The molecular formula is C9H10F3NO3. The van der Waals surface area contributed by atoms with Crippen LogP contribution in [0.2, 0.25) is 0 Å². The molecule has 0 radical (unpaired) electrons. The number of phenols is 1. The molecule has 0 aromatic heterocycles. The highest BCUT2D eigenvalue weighted by Gasteiger charge is 2.31. The van der Waals surface area contributed by atoms with Gasteiger partial charge >= 0.3 is 6.36 Å². The van der Waals surface area contributed by atoms with Crippen LogP contribution in [0.5, 0.6) is 11.5 Å². The second-order valence-corrected chi connectivity index (χ2v) is 3.06. The highest BCUT2D eigenvalue weighted by molar-refractivity contribution is 5.41. The fraction of sp³-hybridized carbons (Fsp3) is 0.333. The van der Waals surface area contributed by atoms with Crippen molar-refractivity contribution in [2.75, 3.05) is 6.61 Å². The van der Waals surface area contributed by atoms with Gasteiger partial charge < -0.3 is 20.7 Å². The smallest absolute Gasteiger partial charge is 0.507 e. The molecule has 4 nitrogen and oxygen atoms in total. The van der Waals surface area contributed by atoms with E-state index in [4.69, 9.17) is 10.8 Å². The summed E-state index contributed by atoms with van der Waals surface area (Å²) in [4.78, 5) is 0. The van der Waals surface area contributed by atoms with Crippen LogP contribution >= 0.6 is 0 Å². The van der Waals surface area contributed by atoms with Crippen molar-refractivity contribution >= 4 is 0 Å². The molecule has 0 aliphatic rings. The molecule has 90 valence electrons. The molecule has 1 rings (SSSR count). The number of aliphatic hydroxyl groups is 1. The lowest BCUT2D eigenvalue weighted by molar-refractivity contribution is -0.274. The van der Waals surface area contributed by atoms with Gasteiger partial charge in [-0.2, -0.15) is 0 Å². The number of alkyl halides is 3. The summed E-state index contributed by atoms with van der Waals surface area (Å²) in [5.74, 6) is -0.998. The first-order chi connectivity index (χ1) is 7.33. The Bertz CT molecular complexity index is 368. The third-order valence-electron chi connectivity index (χ3n) is 1.83. The van der Waals surface area contributed by atoms with Gasteiger partial charge in [-0.1, -0.05) is 0 Å². The minimum Gasteiger partial charge on any atom is -0.507 e. The first-order valence-electron chi connectivity index (χ1n) is 4.28. The summed E-state index contributed by atoms with van der Waals surface area (Å²) < 4.78 is 39.1. The number of nitrogens with two attached hydrogens (primary N) is 1. The van der Waals surface area contributed by atoms with E-state index in [2.05, 4.69) is 4.74 Å². The van der Waals surface area contributed by atoms with E-state index in [1.54, 1.807) is 0 Å². The average molecular weight is 237 g/mol. The summed E-state index contributed by atoms with van der Waals surface area (Å²) in [6.45, 7) is -0.424. The third kappa shape index (κ3) is 3.28. The first-order valence-corrected chi connectivity index (χ1v) is 4.28. The molecule has 0 fully saturated rings. The van der Waals surface area contributed by atoms with Crippen molar-refractivity contribution in [2.45, 2.75) is 12.4 Å². The zero-order valence-electron chi connectivity index (χ0n) is 8.03. The average Bonchev–Trinajstić information content (AvgIpc) is 2.14. The standard InChI is InChI=1S/C9H10F3NO3/c10-9(11,12)16-5-1-2-6(7(13)4-14)8(15)3-5/h1-3,7,14-15H,4,13H2. The van der Waals surface area contributed by atoms with E-state index in [0.29, 0.717) is 0 Å². The molecule has 0 bridgehead atoms. The van der Waals surface area contributed by atoms with Gasteiger partial charge in [0.1, 0.15) is 11.5 Å². The largest absolute Gasteiger partial charge is 0.573 e. The van der Waals surface area contributed by atoms with Crippen molar-refractivity contribution in [3.05, 3.63) is 23.8 Å². The van der Waals surface area contributed by atoms with Gasteiger partial charge in [0.15, 0.2) is 0 Å². The molecule has 0 aliphatic heterocycles. The molecule has 1 aromatic carbocycles. The van der Waals surface area contributed by atoms with Crippen molar-refractivity contribution in [2.24, 2.45) is 5.73 Å². The van der Waals surface area contributed by atoms with Crippen LogP contribution in [0.25, 0.3) is 0 Å². The van der Waals surface area contributed by atoms with Gasteiger partial charge in [0.25, 0.3) is 0 Å². The number of halogens is 3. The fourth-order valence-corrected chi connectivity index (χ4v) is 1.13. The topological polar surface area (TPSA) is 75.7 Å². The Morgan fingerprint density at radius 1 is 1.38 bits per heavy atom. The van der Waals surface area contributed by atoms with Crippen LogP contribution in [-0.2, 0) is 0 Å². The highest BCUT2D eigenvalue weighted by atomic mass is 19.4. The van der Waals surface area contributed by atoms with Crippen LogP contribution < -0.4 is 10.5 Å². The van der Waals surface area contributed by atoms with E-state index >= 15 is 0 Å². The van der Waals surface area contributed by atoms with Gasteiger partial charge in [0, 0.05) is 11.6 Å². The van der Waals surface area contributed by atoms with Crippen LogP contribution in [0.1, 0.15) is 11.6 Å². The molecular weight excluding hydrogens is 227 g/mol. The lowest BCUT2D eigenvalue weighted by atomic mass is 10.1. The number of rotatable bonds is 3. The monoisotopic (exact) mass is 237 g/mol. The molecule has 0 aliphatic carbocycles. The van der Waals surface area contributed by atoms with E-state index in [-0.39, 0.29) is 5.56 Å². The molecule has 16 heavy (non-hydrogen) atoms. The quantitative estimate of drug-likeness (QED) is 0.740. The normalized spacial score (nSPS) is 13.6. The molecule has 0 saturated carbocycles. The van der Waals surface area contributed by atoms with Gasteiger partial charge in [-0.3, -0.25) is 0 Å². The fourth-order valence-electron chi connectivity index (χ4n) is 1.13. The van der Waals surface area contributed by atoms with Crippen molar-refractivity contribution in [1.29, 1.82) is 0 Å². The zero-order chi connectivity index (χ0) is 12.3. The Kier molecular flexibility index (Phi) is 3.61. The Morgan fingerprint density at radius 3 is 2.44 bits per heavy atom. The van der Waals surface area contributed by atoms with Crippen molar-refractivity contribution in [1.82, 2.24) is 0 Å². The molecule has 1 unspecified atom stereocenters. The molecule has 7 heteroatoms. The third-order valence-corrected chi connectivity index (χ3v) is 1.83. The maximum Gasteiger partial charge on any atom is 0.573 e. The van der Waals surface area contributed by atoms with E-state index in [9.17, 15) is 18.3 Å². The van der Waals surface area contributed by atoms with E-state index in [1.807, 2.05) is 0 Å². The minimum atomic E-state index is -4.81. The number of benzene rings is 1. The minimum absolute atomic E-state index is 0.150. The predicted molar refractivity (Wildman–Crippen MR) is 48.8 cm³/mol. The summed E-state index contributed by atoms with van der Waals surface area (Å²) in [7, 11) is 0. The maximum absolute atomic E-state index is 11.8. The van der Waals surface area contributed by atoms with E-state index in [0.717, 1.165) is 18.2 Å². The van der Waals surface area contributed by atoms with Gasteiger partial charge in [0.05, 0.1) is 12.6 Å². The second kappa shape index (κ2) is 4.58. The predicted octanol–water partition coefficient (Wildman–Crippen LogP) is 1.28. The van der Waals surface area contributed by atoms with Crippen LogP contribution in [0.3, 0.4) is 0 Å². The van der Waals surface area contributed by atoms with Crippen molar-refractivity contribution < 1.29 is 28.1 Å². The van der Waals surface area contributed by atoms with Crippen LogP contribution in [0, 0.1) is 0 Å². The lowest BCUT2D eigenvalue weighted by Crippen LogP contribution is -2.18. The Morgan fingerprint density at radius 2 is 2.00 bits per heavy atom. The van der Waals surface area contributed by atoms with Gasteiger partial charge in [-0.05, 0) is 12.1 Å². The Balaban J connectivity index is 2.91. The number of phenolic OH excluding ortho intramolecular Hbond substituents is 1. The van der Waals surface area contributed by atoms with Crippen molar-refractivity contribution in [3.8, 4) is 11.5 Å². The van der Waals surface area contributed by atoms with Crippen molar-refractivity contribution in [3.63, 3.8) is 0 Å². The molecule has 0 spiro atoms. The first kappa shape index (κ1) is 12.6. The second-order valence-electron chi connectivity index (χ2n) is 3.06. The Hall–Kier alpha value is -1.47. The van der Waals surface area contributed by atoms with E-state index < -0.39 is 30.5 Å². The van der Waals surface area contributed by atoms with E-state index in [1.165, 1.54) is 0 Å². The molecule has 0 saturated heterocycles. The zero-order valence-corrected chi connectivity index (χ0v) is 8.03. The summed E-state index contributed by atoms with van der Waals surface area (Å²) in [6.07, 6.45) is -4.81. The SMILES string of the molecule is NC(CO)c1ccc(OC(F)(F)F)cc1O. The molecule has 1 atom stereocenters. The summed E-state index contributed by atoms with van der Waals surface area (Å²) >= 11 is 0. The number of aromatic hydroxyl groups is 1. The van der Waals surface area contributed by atoms with Gasteiger partial charge in [-0.15, -0.1) is 13.2 Å².